The largest absolute Gasteiger partial charge is 0.490 e. The Balaban J connectivity index is 0.000000479. The van der Waals surface area contributed by atoms with Gasteiger partial charge >= 0.3 is 18.3 Å². The number of benzene rings is 2. The summed E-state index contributed by atoms with van der Waals surface area (Å²) in [5.41, 5.74) is 0.0803. The van der Waals surface area contributed by atoms with Gasteiger partial charge in [-0.05, 0) is 35.9 Å². The Hall–Kier alpha value is -3.19. The van der Waals surface area contributed by atoms with Gasteiger partial charge in [-0.15, -0.1) is 0 Å². The van der Waals surface area contributed by atoms with Crippen molar-refractivity contribution < 1.29 is 50.2 Å². The molecule has 4 rings (SSSR count). The molecule has 2 heterocycles. The van der Waals surface area contributed by atoms with E-state index in [-0.39, 0.29) is 18.1 Å². The number of anilines is 1. The van der Waals surface area contributed by atoms with Crippen molar-refractivity contribution in [3.63, 3.8) is 0 Å². The normalized spacial score (nSPS) is 20.9. The first-order chi connectivity index (χ1) is 17.2. The molecule has 0 bridgehead atoms. The highest BCUT2D eigenvalue weighted by molar-refractivity contribution is 5.96. The Morgan fingerprint density at radius 3 is 2.27 bits per heavy atom. The summed E-state index contributed by atoms with van der Waals surface area (Å²) >= 11 is 0. The van der Waals surface area contributed by atoms with E-state index in [4.69, 9.17) is 14.6 Å². The van der Waals surface area contributed by atoms with Gasteiger partial charge in [0, 0.05) is 43.7 Å². The maximum Gasteiger partial charge on any atom is 0.490 e. The molecule has 0 aliphatic carbocycles. The zero-order valence-corrected chi connectivity index (χ0v) is 19.3. The molecule has 202 valence electrons. The second-order valence-electron chi connectivity index (χ2n) is 8.90. The van der Waals surface area contributed by atoms with Gasteiger partial charge < -0.3 is 14.7 Å². The SMILES string of the molecule is O=C(O)C(F)(F)F.O=C1CC2(COCCN(Cc3cccc(C(F)(F)F)c3)C2)CN1c1ccc(F)cc1. The molecular formula is C24H23F7N2O4. The fourth-order valence-corrected chi connectivity index (χ4v) is 4.28. The van der Waals surface area contributed by atoms with Crippen LogP contribution in [0.4, 0.5) is 36.4 Å². The molecular weight excluding hydrogens is 513 g/mol. The predicted molar refractivity (Wildman–Crippen MR) is 117 cm³/mol. The van der Waals surface area contributed by atoms with Crippen LogP contribution in [0.3, 0.4) is 0 Å². The number of rotatable bonds is 3. The third kappa shape index (κ3) is 7.65. The smallest absolute Gasteiger partial charge is 0.475 e. The lowest BCUT2D eigenvalue weighted by molar-refractivity contribution is -0.192. The van der Waals surface area contributed by atoms with Crippen molar-refractivity contribution in [2.75, 3.05) is 37.7 Å². The minimum atomic E-state index is -5.08. The standard InChI is InChI=1S/C22H22F4N2O2.C2HF3O2/c23-18-4-6-19(7-5-18)28-14-21(11-20(28)29)13-27(8-9-30-15-21)12-16-2-1-3-17(10-16)22(24,25)26;3-2(4,5)1(6)7/h1-7,10H,8-9,11-15H2;(H,6,7). The minimum Gasteiger partial charge on any atom is -0.475 e. The van der Waals surface area contributed by atoms with E-state index >= 15 is 0 Å². The molecule has 6 nitrogen and oxygen atoms in total. The molecule has 0 radical (unpaired) electrons. The highest BCUT2D eigenvalue weighted by atomic mass is 19.4. The van der Waals surface area contributed by atoms with E-state index < -0.39 is 29.3 Å². The average molecular weight is 536 g/mol. The van der Waals surface area contributed by atoms with E-state index in [9.17, 15) is 35.5 Å². The van der Waals surface area contributed by atoms with Gasteiger partial charge in [-0.3, -0.25) is 9.69 Å². The van der Waals surface area contributed by atoms with Gasteiger partial charge in [0.25, 0.3) is 0 Å². The number of carboxylic acid groups (broad SMARTS) is 1. The fourth-order valence-electron chi connectivity index (χ4n) is 4.28. The number of carbonyl (C=O) groups is 2. The molecule has 2 aliphatic rings. The monoisotopic (exact) mass is 536 g/mol. The van der Waals surface area contributed by atoms with E-state index in [0.717, 1.165) is 6.07 Å². The first-order valence-electron chi connectivity index (χ1n) is 11.0. The van der Waals surface area contributed by atoms with Crippen LogP contribution in [-0.4, -0.2) is 60.9 Å². The summed E-state index contributed by atoms with van der Waals surface area (Å²) in [5, 5.41) is 7.12. The molecule has 1 atom stereocenters. The quantitative estimate of drug-likeness (QED) is 0.575. The molecule has 1 unspecified atom stereocenters. The zero-order valence-electron chi connectivity index (χ0n) is 19.3. The van der Waals surface area contributed by atoms with Crippen LogP contribution in [-0.2, 0) is 27.0 Å². The van der Waals surface area contributed by atoms with Crippen LogP contribution in [0.1, 0.15) is 17.5 Å². The molecule has 2 saturated heterocycles. The van der Waals surface area contributed by atoms with Crippen molar-refractivity contribution in [1.82, 2.24) is 4.90 Å². The molecule has 2 aromatic carbocycles. The van der Waals surface area contributed by atoms with Gasteiger partial charge in [-0.25, -0.2) is 9.18 Å². The van der Waals surface area contributed by atoms with E-state index in [0.29, 0.717) is 50.6 Å². The van der Waals surface area contributed by atoms with E-state index in [2.05, 4.69) is 0 Å². The Bertz CT molecular complexity index is 1110. The number of carbonyl (C=O) groups excluding carboxylic acids is 1. The van der Waals surface area contributed by atoms with Crippen LogP contribution in [0.2, 0.25) is 0 Å². The van der Waals surface area contributed by atoms with Crippen LogP contribution >= 0.6 is 0 Å². The van der Waals surface area contributed by atoms with Crippen molar-refractivity contribution in [2.45, 2.75) is 25.3 Å². The Morgan fingerprint density at radius 2 is 1.68 bits per heavy atom. The molecule has 1 spiro atoms. The van der Waals surface area contributed by atoms with Gasteiger partial charge in [0.2, 0.25) is 5.91 Å². The number of carboxylic acids is 1. The maximum atomic E-state index is 13.2. The third-order valence-corrected chi connectivity index (χ3v) is 5.88. The molecule has 0 aromatic heterocycles. The molecule has 2 aliphatic heterocycles. The molecule has 37 heavy (non-hydrogen) atoms. The number of hydrogen-bond donors (Lipinski definition) is 1. The Labute approximate surface area is 207 Å². The molecule has 13 heteroatoms. The van der Waals surface area contributed by atoms with E-state index in [1.807, 2.05) is 4.90 Å². The summed E-state index contributed by atoms with van der Waals surface area (Å²) in [4.78, 5) is 25.3. The van der Waals surface area contributed by atoms with E-state index in [1.165, 1.54) is 24.3 Å². The van der Waals surface area contributed by atoms with Crippen LogP contribution in [0.25, 0.3) is 0 Å². The number of ether oxygens (including phenoxy) is 1. The first-order valence-corrected chi connectivity index (χ1v) is 11.0. The van der Waals surface area contributed by atoms with Crippen LogP contribution in [0, 0.1) is 11.2 Å². The maximum absolute atomic E-state index is 13.2. The highest BCUT2D eigenvalue weighted by Gasteiger charge is 2.46. The number of alkyl halides is 6. The number of halogens is 7. The average Bonchev–Trinajstić information content (AvgIpc) is 2.99. The predicted octanol–water partition coefficient (Wildman–Crippen LogP) is 4.73. The molecule has 0 saturated carbocycles. The number of amides is 1. The summed E-state index contributed by atoms with van der Waals surface area (Å²) in [7, 11) is 0. The zero-order chi connectivity index (χ0) is 27.4. The van der Waals surface area contributed by atoms with Crippen LogP contribution in [0.15, 0.2) is 48.5 Å². The number of hydrogen-bond acceptors (Lipinski definition) is 4. The topological polar surface area (TPSA) is 70.1 Å². The summed E-state index contributed by atoms with van der Waals surface area (Å²) in [5.74, 6) is -3.19. The van der Waals surface area contributed by atoms with Gasteiger partial charge in [0.15, 0.2) is 0 Å². The summed E-state index contributed by atoms with van der Waals surface area (Å²) in [6.45, 7) is 2.73. The highest BCUT2D eigenvalue weighted by Crippen LogP contribution is 2.37. The molecule has 2 aromatic rings. The Kier molecular flexibility index (Phi) is 8.48. The summed E-state index contributed by atoms with van der Waals surface area (Å²) in [6, 6.07) is 11.1. The number of nitrogens with zero attached hydrogens (tertiary/aromatic N) is 2. The van der Waals surface area contributed by atoms with Crippen molar-refractivity contribution in [3.8, 4) is 0 Å². The lowest BCUT2D eigenvalue weighted by Crippen LogP contribution is -2.40. The third-order valence-electron chi connectivity index (χ3n) is 5.88. The summed E-state index contributed by atoms with van der Waals surface area (Å²) in [6.07, 6.45) is -9.18. The van der Waals surface area contributed by atoms with Crippen molar-refractivity contribution in [3.05, 3.63) is 65.5 Å². The summed E-state index contributed by atoms with van der Waals surface area (Å²) < 4.78 is 89.8. The number of aliphatic carboxylic acids is 1. The second-order valence-corrected chi connectivity index (χ2v) is 8.90. The van der Waals surface area contributed by atoms with Crippen LogP contribution in [0.5, 0.6) is 0 Å². The first kappa shape index (κ1) is 28.4. The van der Waals surface area contributed by atoms with Crippen molar-refractivity contribution >= 4 is 17.6 Å². The lowest BCUT2D eigenvalue weighted by atomic mass is 9.87. The van der Waals surface area contributed by atoms with Gasteiger partial charge in [-0.1, -0.05) is 18.2 Å². The second kappa shape index (κ2) is 11.1. The molecule has 2 fully saturated rings. The van der Waals surface area contributed by atoms with Gasteiger partial charge in [-0.2, -0.15) is 26.3 Å². The Morgan fingerprint density at radius 1 is 1.03 bits per heavy atom. The minimum absolute atomic E-state index is 0.0638. The van der Waals surface area contributed by atoms with Gasteiger partial charge in [0.1, 0.15) is 5.82 Å². The molecule has 1 N–H and O–H groups in total. The van der Waals surface area contributed by atoms with Gasteiger partial charge in [0.05, 0.1) is 18.8 Å². The fraction of sp³-hybridized carbons (Fsp3) is 0.417. The van der Waals surface area contributed by atoms with E-state index in [1.54, 1.807) is 23.1 Å². The van der Waals surface area contributed by atoms with Crippen molar-refractivity contribution in [2.24, 2.45) is 5.41 Å². The molecule has 1 amide bonds. The van der Waals surface area contributed by atoms with Crippen LogP contribution < -0.4 is 4.90 Å². The lowest BCUT2D eigenvalue weighted by Gasteiger charge is -2.31. The van der Waals surface area contributed by atoms with Crippen molar-refractivity contribution in [1.29, 1.82) is 0 Å².